The van der Waals surface area contributed by atoms with Crippen molar-refractivity contribution in [3.8, 4) is 5.75 Å². The van der Waals surface area contributed by atoms with Gasteiger partial charge in [-0.15, -0.1) is 0 Å². The highest BCUT2D eigenvalue weighted by molar-refractivity contribution is 5.41. The smallest absolute Gasteiger partial charge is 0.122 e. The van der Waals surface area contributed by atoms with Crippen LogP contribution in [-0.2, 0) is 0 Å². The summed E-state index contributed by atoms with van der Waals surface area (Å²) in [5, 5.41) is 3.37. The Morgan fingerprint density at radius 3 is 2.71 bits per heavy atom. The molecular weight excluding hydrogens is 174 g/mol. The SMILES string of the molecule is COc1ccc(C)cc1C1CNC1C. The molecule has 1 aromatic rings. The van der Waals surface area contributed by atoms with Crippen molar-refractivity contribution in [1.29, 1.82) is 0 Å². The first kappa shape index (κ1) is 9.53. The van der Waals surface area contributed by atoms with E-state index in [4.69, 9.17) is 4.74 Å². The fourth-order valence-electron chi connectivity index (χ4n) is 1.99. The molecule has 0 aliphatic carbocycles. The Morgan fingerprint density at radius 2 is 2.21 bits per heavy atom. The van der Waals surface area contributed by atoms with Gasteiger partial charge in [0.15, 0.2) is 0 Å². The van der Waals surface area contributed by atoms with Crippen LogP contribution in [-0.4, -0.2) is 19.7 Å². The summed E-state index contributed by atoms with van der Waals surface area (Å²) in [4.78, 5) is 0. The van der Waals surface area contributed by atoms with E-state index < -0.39 is 0 Å². The molecular formula is C12H17NO. The third-order valence-corrected chi connectivity index (χ3v) is 3.05. The van der Waals surface area contributed by atoms with Gasteiger partial charge in [0.2, 0.25) is 0 Å². The van der Waals surface area contributed by atoms with E-state index in [0.717, 1.165) is 12.3 Å². The van der Waals surface area contributed by atoms with Crippen molar-refractivity contribution >= 4 is 0 Å². The normalized spacial score (nSPS) is 25.6. The molecule has 76 valence electrons. The molecule has 0 saturated carbocycles. The summed E-state index contributed by atoms with van der Waals surface area (Å²) in [6.07, 6.45) is 0. The molecule has 0 bridgehead atoms. The van der Waals surface area contributed by atoms with Gasteiger partial charge in [-0.05, 0) is 19.9 Å². The van der Waals surface area contributed by atoms with E-state index in [1.54, 1.807) is 7.11 Å². The van der Waals surface area contributed by atoms with Crippen LogP contribution in [0.3, 0.4) is 0 Å². The van der Waals surface area contributed by atoms with Gasteiger partial charge in [-0.3, -0.25) is 0 Å². The van der Waals surface area contributed by atoms with Crippen molar-refractivity contribution in [3.63, 3.8) is 0 Å². The van der Waals surface area contributed by atoms with E-state index in [0.29, 0.717) is 12.0 Å². The molecule has 2 rings (SSSR count). The maximum Gasteiger partial charge on any atom is 0.122 e. The fraction of sp³-hybridized carbons (Fsp3) is 0.500. The van der Waals surface area contributed by atoms with Gasteiger partial charge in [0, 0.05) is 24.1 Å². The molecule has 1 aliphatic rings. The second-order valence-electron chi connectivity index (χ2n) is 4.05. The van der Waals surface area contributed by atoms with E-state index in [1.807, 2.05) is 0 Å². The number of rotatable bonds is 2. The second kappa shape index (κ2) is 3.62. The van der Waals surface area contributed by atoms with Crippen LogP contribution in [0.25, 0.3) is 0 Å². The summed E-state index contributed by atoms with van der Waals surface area (Å²) in [5.74, 6) is 1.64. The number of ether oxygens (including phenoxy) is 1. The molecule has 1 aliphatic heterocycles. The summed E-state index contributed by atoms with van der Waals surface area (Å²) < 4.78 is 5.38. The summed E-state index contributed by atoms with van der Waals surface area (Å²) in [7, 11) is 1.74. The lowest BCUT2D eigenvalue weighted by Crippen LogP contribution is -2.48. The first-order valence-electron chi connectivity index (χ1n) is 5.10. The molecule has 2 heteroatoms. The van der Waals surface area contributed by atoms with Gasteiger partial charge in [-0.25, -0.2) is 0 Å². The molecule has 2 atom stereocenters. The van der Waals surface area contributed by atoms with Crippen LogP contribution in [0.15, 0.2) is 18.2 Å². The van der Waals surface area contributed by atoms with Crippen molar-refractivity contribution < 1.29 is 4.74 Å². The zero-order valence-electron chi connectivity index (χ0n) is 9.00. The van der Waals surface area contributed by atoms with Crippen LogP contribution in [0.5, 0.6) is 5.75 Å². The third kappa shape index (κ3) is 1.50. The zero-order chi connectivity index (χ0) is 10.1. The number of methoxy groups -OCH3 is 1. The Hall–Kier alpha value is -1.02. The zero-order valence-corrected chi connectivity index (χ0v) is 9.00. The van der Waals surface area contributed by atoms with E-state index >= 15 is 0 Å². The molecule has 1 aromatic carbocycles. The Bertz CT molecular complexity index is 335. The second-order valence-corrected chi connectivity index (χ2v) is 4.05. The van der Waals surface area contributed by atoms with E-state index in [1.165, 1.54) is 11.1 Å². The van der Waals surface area contributed by atoms with Crippen LogP contribution in [0, 0.1) is 6.92 Å². The summed E-state index contributed by atoms with van der Waals surface area (Å²) >= 11 is 0. The standard InChI is InChI=1S/C12H17NO/c1-8-4-5-12(14-3)10(6-8)11-7-13-9(11)2/h4-6,9,11,13H,7H2,1-3H3. The van der Waals surface area contributed by atoms with E-state index in [-0.39, 0.29) is 0 Å². The number of hydrogen-bond acceptors (Lipinski definition) is 2. The highest BCUT2D eigenvalue weighted by Crippen LogP contribution is 2.33. The third-order valence-electron chi connectivity index (χ3n) is 3.05. The predicted molar refractivity (Wildman–Crippen MR) is 57.9 cm³/mol. The van der Waals surface area contributed by atoms with Crippen LogP contribution in [0.4, 0.5) is 0 Å². The van der Waals surface area contributed by atoms with E-state index in [2.05, 4.69) is 37.4 Å². The maximum atomic E-state index is 5.38. The highest BCUT2D eigenvalue weighted by atomic mass is 16.5. The minimum Gasteiger partial charge on any atom is -0.496 e. The molecule has 2 nitrogen and oxygen atoms in total. The quantitative estimate of drug-likeness (QED) is 0.772. The van der Waals surface area contributed by atoms with Gasteiger partial charge in [-0.1, -0.05) is 17.7 Å². The van der Waals surface area contributed by atoms with Crippen LogP contribution in [0.1, 0.15) is 24.0 Å². The van der Waals surface area contributed by atoms with Gasteiger partial charge in [-0.2, -0.15) is 0 Å². The Morgan fingerprint density at radius 1 is 1.43 bits per heavy atom. The van der Waals surface area contributed by atoms with Crippen molar-refractivity contribution in [2.75, 3.05) is 13.7 Å². The van der Waals surface area contributed by atoms with Gasteiger partial charge < -0.3 is 10.1 Å². The Labute approximate surface area is 85.3 Å². The van der Waals surface area contributed by atoms with Crippen LogP contribution >= 0.6 is 0 Å². The fourth-order valence-corrected chi connectivity index (χ4v) is 1.99. The van der Waals surface area contributed by atoms with Gasteiger partial charge >= 0.3 is 0 Å². The molecule has 0 aromatic heterocycles. The van der Waals surface area contributed by atoms with Gasteiger partial charge in [0.05, 0.1) is 7.11 Å². The first-order chi connectivity index (χ1) is 6.72. The number of benzene rings is 1. The van der Waals surface area contributed by atoms with E-state index in [9.17, 15) is 0 Å². The molecule has 0 radical (unpaired) electrons. The minimum atomic E-state index is 0.575. The molecule has 1 fully saturated rings. The average Bonchev–Trinajstić information content (AvgIpc) is 2.16. The van der Waals surface area contributed by atoms with Crippen molar-refractivity contribution in [3.05, 3.63) is 29.3 Å². The molecule has 1 N–H and O–H groups in total. The van der Waals surface area contributed by atoms with Crippen molar-refractivity contribution in [2.24, 2.45) is 0 Å². The molecule has 1 saturated heterocycles. The topological polar surface area (TPSA) is 21.3 Å². The molecule has 0 amide bonds. The predicted octanol–water partition coefficient (Wildman–Crippen LogP) is 2.08. The lowest BCUT2D eigenvalue weighted by Gasteiger charge is -2.36. The lowest BCUT2D eigenvalue weighted by molar-refractivity contribution is 0.319. The summed E-state index contributed by atoms with van der Waals surface area (Å²) in [6.45, 7) is 5.41. The minimum absolute atomic E-state index is 0.575. The summed E-state index contributed by atoms with van der Waals surface area (Å²) in [6, 6.07) is 6.97. The van der Waals surface area contributed by atoms with Crippen LogP contribution in [0.2, 0.25) is 0 Å². The highest BCUT2D eigenvalue weighted by Gasteiger charge is 2.29. The average molecular weight is 191 g/mol. The number of nitrogens with one attached hydrogen (secondary N) is 1. The van der Waals surface area contributed by atoms with Gasteiger partial charge in [0.25, 0.3) is 0 Å². The molecule has 2 unspecified atom stereocenters. The Kier molecular flexibility index (Phi) is 2.46. The summed E-state index contributed by atoms with van der Waals surface area (Å²) in [5.41, 5.74) is 2.65. The molecule has 1 heterocycles. The molecule has 14 heavy (non-hydrogen) atoms. The van der Waals surface area contributed by atoms with Gasteiger partial charge in [0.1, 0.15) is 5.75 Å². The molecule has 0 spiro atoms. The number of hydrogen-bond donors (Lipinski definition) is 1. The number of aryl methyl sites for hydroxylation is 1. The van der Waals surface area contributed by atoms with Crippen molar-refractivity contribution in [2.45, 2.75) is 25.8 Å². The van der Waals surface area contributed by atoms with Crippen molar-refractivity contribution in [1.82, 2.24) is 5.32 Å². The first-order valence-corrected chi connectivity index (χ1v) is 5.10. The Balaban J connectivity index is 2.34. The van der Waals surface area contributed by atoms with Crippen LogP contribution < -0.4 is 10.1 Å². The lowest BCUT2D eigenvalue weighted by atomic mass is 9.85. The monoisotopic (exact) mass is 191 g/mol. The maximum absolute atomic E-state index is 5.38. The largest absolute Gasteiger partial charge is 0.496 e.